The minimum absolute atomic E-state index is 0.347. The summed E-state index contributed by atoms with van der Waals surface area (Å²) in [6, 6.07) is 0. The number of nitrogens with zero attached hydrogens (tertiary/aromatic N) is 1. The van der Waals surface area contributed by atoms with E-state index in [0.29, 0.717) is 29.6 Å². The van der Waals surface area contributed by atoms with Gasteiger partial charge in [-0.05, 0) is 37.0 Å². The Kier molecular flexibility index (Phi) is 4.69. The smallest absolute Gasteiger partial charge is 0.226 e. The van der Waals surface area contributed by atoms with Gasteiger partial charge in [-0.15, -0.1) is 0 Å². The van der Waals surface area contributed by atoms with E-state index in [0.717, 1.165) is 13.1 Å². The summed E-state index contributed by atoms with van der Waals surface area (Å²) in [5, 5.41) is 0. The molecule has 1 aliphatic heterocycles. The topological polar surface area (TPSA) is 20.3 Å². The first-order valence-electron chi connectivity index (χ1n) is 7.94. The molecule has 18 heavy (non-hydrogen) atoms. The standard InChI is InChI=1S/C16H29NO/c1-4-5-6-7-10-17-11-13(3)14-9-8-12(2)15(14)16(17)18/h12-15H,4-11H2,1-3H3/t12-,13+,14+,15+/m0/s1. The van der Waals surface area contributed by atoms with Crippen LogP contribution in [0, 0.1) is 23.7 Å². The first-order valence-corrected chi connectivity index (χ1v) is 7.94. The van der Waals surface area contributed by atoms with E-state index in [4.69, 9.17) is 0 Å². The highest BCUT2D eigenvalue weighted by Gasteiger charge is 2.46. The van der Waals surface area contributed by atoms with Crippen LogP contribution in [0.1, 0.15) is 59.3 Å². The molecule has 2 rings (SSSR count). The summed E-state index contributed by atoms with van der Waals surface area (Å²) >= 11 is 0. The maximum Gasteiger partial charge on any atom is 0.226 e. The molecule has 0 radical (unpaired) electrons. The molecule has 1 saturated heterocycles. The molecule has 2 aliphatic rings. The molecule has 1 amide bonds. The minimum atomic E-state index is 0.347. The summed E-state index contributed by atoms with van der Waals surface area (Å²) in [6.07, 6.45) is 7.58. The largest absolute Gasteiger partial charge is 0.342 e. The van der Waals surface area contributed by atoms with E-state index in [-0.39, 0.29) is 0 Å². The van der Waals surface area contributed by atoms with Crippen LogP contribution >= 0.6 is 0 Å². The highest BCUT2D eigenvalue weighted by Crippen LogP contribution is 2.45. The average molecular weight is 251 g/mol. The van der Waals surface area contributed by atoms with Crippen molar-refractivity contribution in [2.75, 3.05) is 13.1 Å². The van der Waals surface area contributed by atoms with Gasteiger partial charge in [0.1, 0.15) is 0 Å². The molecular formula is C16H29NO. The minimum Gasteiger partial charge on any atom is -0.342 e. The van der Waals surface area contributed by atoms with Gasteiger partial charge in [-0.1, -0.05) is 40.0 Å². The first-order chi connectivity index (χ1) is 8.65. The third-order valence-electron chi connectivity index (χ3n) is 5.15. The quantitative estimate of drug-likeness (QED) is 0.682. The fourth-order valence-electron chi connectivity index (χ4n) is 4.02. The van der Waals surface area contributed by atoms with Crippen LogP contribution in [0.25, 0.3) is 0 Å². The lowest BCUT2D eigenvalue weighted by atomic mass is 9.78. The SMILES string of the molecule is CCCCCCN1C[C@@H](C)[C@H]2CC[C@H](C)[C@H]2C1=O. The number of hydrogen-bond donors (Lipinski definition) is 0. The molecule has 0 spiro atoms. The number of piperidine rings is 1. The van der Waals surface area contributed by atoms with E-state index in [1.54, 1.807) is 0 Å². The molecule has 0 aromatic heterocycles. The zero-order valence-corrected chi connectivity index (χ0v) is 12.3. The summed E-state index contributed by atoms with van der Waals surface area (Å²) in [5.74, 6) is 2.83. The van der Waals surface area contributed by atoms with Crippen molar-refractivity contribution in [3.8, 4) is 0 Å². The fraction of sp³-hybridized carbons (Fsp3) is 0.938. The van der Waals surface area contributed by atoms with Crippen LogP contribution < -0.4 is 0 Å². The number of carbonyl (C=O) groups is 1. The van der Waals surface area contributed by atoms with Gasteiger partial charge >= 0.3 is 0 Å². The molecule has 104 valence electrons. The third kappa shape index (κ3) is 2.73. The molecule has 0 N–H and O–H groups in total. The Morgan fingerprint density at radius 1 is 1.11 bits per heavy atom. The lowest BCUT2D eigenvalue weighted by Crippen LogP contribution is -2.49. The second kappa shape index (κ2) is 6.08. The van der Waals surface area contributed by atoms with E-state index in [1.807, 2.05) is 0 Å². The zero-order chi connectivity index (χ0) is 13.1. The second-order valence-corrected chi connectivity index (χ2v) is 6.57. The van der Waals surface area contributed by atoms with Crippen LogP contribution in [0.2, 0.25) is 0 Å². The maximum atomic E-state index is 12.6. The van der Waals surface area contributed by atoms with Gasteiger partial charge in [0.05, 0.1) is 0 Å². The van der Waals surface area contributed by atoms with Gasteiger partial charge in [0.15, 0.2) is 0 Å². The Balaban J connectivity index is 1.90. The lowest BCUT2D eigenvalue weighted by Gasteiger charge is -2.40. The van der Waals surface area contributed by atoms with Gasteiger partial charge in [-0.25, -0.2) is 0 Å². The number of amides is 1. The van der Waals surface area contributed by atoms with Gasteiger partial charge < -0.3 is 4.90 Å². The lowest BCUT2D eigenvalue weighted by molar-refractivity contribution is -0.144. The molecule has 2 heteroatoms. The van der Waals surface area contributed by atoms with Gasteiger partial charge in [0.25, 0.3) is 0 Å². The summed E-state index contributed by atoms with van der Waals surface area (Å²) < 4.78 is 0. The molecule has 0 aromatic carbocycles. The van der Waals surface area contributed by atoms with Crippen LogP contribution in [0.5, 0.6) is 0 Å². The molecule has 2 fully saturated rings. The molecule has 0 bridgehead atoms. The molecule has 0 unspecified atom stereocenters. The highest BCUT2D eigenvalue weighted by molar-refractivity contribution is 5.80. The van der Waals surface area contributed by atoms with Crippen LogP contribution in [0.4, 0.5) is 0 Å². The number of hydrogen-bond acceptors (Lipinski definition) is 1. The van der Waals surface area contributed by atoms with Crippen LogP contribution in [-0.4, -0.2) is 23.9 Å². The van der Waals surface area contributed by atoms with Crippen molar-refractivity contribution in [1.29, 1.82) is 0 Å². The van der Waals surface area contributed by atoms with E-state index < -0.39 is 0 Å². The summed E-state index contributed by atoms with van der Waals surface area (Å²) in [4.78, 5) is 14.7. The predicted molar refractivity (Wildman–Crippen MR) is 75.3 cm³/mol. The van der Waals surface area contributed by atoms with Crippen LogP contribution in [0.3, 0.4) is 0 Å². The van der Waals surface area contributed by atoms with Gasteiger partial charge in [0.2, 0.25) is 5.91 Å². The summed E-state index contributed by atoms with van der Waals surface area (Å²) in [7, 11) is 0. The van der Waals surface area contributed by atoms with Crippen molar-refractivity contribution in [2.45, 2.75) is 59.3 Å². The van der Waals surface area contributed by atoms with Crippen molar-refractivity contribution < 1.29 is 4.79 Å². The van der Waals surface area contributed by atoms with Crippen molar-refractivity contribution in [3.63, 3.8) is 0 Å². The maximum absolute atomic E-state index is 12.6. The zero-order valence-electron chi connectivity index (χ0n) is 12.3. The van der Waals surface area contributed by atoms with E-state index in [9.17, 15) is 4.79 Å². The normalized spacial score (nSPS) is 35.9. The Hall–Kier alpha value is -0.530. The average Bonchev–Trinajstić information content (AvgIpc) is 2.73. The number of likely N-dealkylation sites (tertiary alicyclic amines) is 1. The highest BCUT2D eigenvalue weighted by atomic mass is 16.2. The first kappa shape index (κ1) is 13.9. The number of unbranched alkanes of at least 4 members (excludes halogenated alkanes) is 3. The third-order valence-corrected chi connectivity index (χ3v) is 5.15. The predicted octanol–water partition coefficient (Wildman–Crippen LogP) is 3.71. The van der Waals surface area contributed by atoms with E-state index in [2.05, 4.69) is 25.7 Å². The number of carbonyl (C=O) groups excluding carboxylic acids is 1. The second-order valence-electron chi connectivity index (χ2n) is 6.57. The molecular weight excluding hydrogens is 222 g/mol. The Labute approximate surface area is 112 Å². The van der Waals surface area contributed by atoms with Gasteiger partial charge in [0, 0.05) is 19.0 Å². The molecule has 2 nitrogen and oxygen atoms in total. The molecule has 0 aromatic rings. The number of fused-ring (bicyclic) bond motifs is 1. The van der Waals surface area contributed by atoms with Crippen molar-refractivity contribution in [2.24, 2.45) is 23.7 Å². The fourth-order valence-corrected chi connectivity index (χ4v) is 4.02. The summed E-state index contributed by atoms with van der Waals surface area (Å²) in [6.45, 7) is 8.87. The molecule has 4 atom stereocenters. The van der Waals surface area contributed by atoms with Crippen molar-refractivity contribution >= 4 is 5.91 Å². The van der Waals surface area contributed by atoms with Crippen molar-refractivity contribution in [1.82, 2.24) is 4.90 Å². The van der Waals surface area contributed by atoms with Crippen LogP contribution in [0.15, 0.2) is 0 Å². The van der Waals surface area contributed by atoms with Gasteiger partial charge in [-0.2, -0.15) is 0 Å². The van der Waals surface area contributed by atoms with Crippen molar-refractivity contribution in [3.05, 3.63) is 0 Å². The molecule has 1 saturated carbocycles. The molecule has 1 aliphatic carbocycles. The Bertz CT molecular complexity index is 289. The Morgan fingerprint density at radius 3 is 2.61 bits per heavy atom. The Morgan fingerprint density at radius 2 is 1.89 bits per heavy atom. The van der Waals surface area contributed by atoms with Crippen LogP contribution in [-0.2, 0) is 4.79 Å². The monoisotopic (exact) mass is 251 g/mol. The number of rotatable bonds is 5. The van der Waals surface area contributed by atoms with Gasteiger partial charge in [-0.3, -0.25) is 4.79 Å². The van der Waals surface area contributed by atoms with E-state index in [1.165, 1.54) is 38.5 Å². The molecule has 1 heterocycles. The van der Waals surface area contributed by atoms with E-state index >= 15 is 0 Å². The summed E-state index contributed by atoms with van der Waals surface area (Å²) in [5.41, 5.74) is 0.